The Bertz CT molecular complexity index is 65.1. The van der Waals surface area contributed by atoms with E-state index in [1.54, 1.807) is 0 Å². The van der Waals surface area contributed by atoms with Gasteiger partial charge >= 0.3 is 6.09 Å². The van der Waals surface area contributed by atoms with Crippen molar-refractivity contribution in [2.24, 2.45) is 0 Å². The third-order valence-electron chi connectivity index (χ3n) is 0.526. The van der Waals surface area contributed by atoms with Crippen LogP contribution < -0.4 is 5.32 Å². The molecule has 0 radical (unpaired) electrons. The van der Waals surface area contributed by atoms with Crippen LogP contribution in [-0.4, -0.2) is 17.7 Å². The first kappa shape index (κ1) is 16.7. The van der Waals surface area contributed by atoms with Crippen molar-refractivity contribution >= 4 is 6.09 Å². The van der Waals surface area contributed by atoms with Gasteiger partial charge in [0.25, 0.3) is 0 Å². The number of carboxylic acid groups (broad SMARTS) is 1. The maximum atomic E-state index is 9.65. The minimum Gasteiger partial charge on any atom is -0.465 e. The first-order valence-corrected chi connectivity index (χ1v) is 4.24. The Morgan fingerprint density at radius 3 is 1.73 bits per heavy atom. The van der Waals surface area contributed by atoms with Gasteiger partial charge < -0.3 is 10.4 Å². The summed E-state index contributed by atoms with van der Waals surface area (Å²) in [5.41, 5.74) is 0. The fourth-order valence-electron chi connectivity index (χ4n) is 0.232. The van der Waals surface area contributed by atoms with Gasteiger partial charge in [0.1, 0.15) is 0 Å². The molecule has 0 fully saturated rings. The van der Waals surface area contributed by atoms with Gasteiger partial charge in [0.05, 0.1) is 0 Å². The molecule has 0 bridgehead atoms. The lowest BCUT2D eigenvalue weighted by Gasteiger charge is -1.91. The topological polar surface area (TPSA) is 49.3 Å². The van der Waals surface area contributed by atoms with Gasteiger partial charge in [-0.25, -0.2) is 4.79 Å². The second-order valence-electron chi connectivity index (χ2n) is 1.23. The van der Waals surface area contributed by atoms with Crippen molar-refractivity contribution in [1.29, 1.82) is 0 Å². The van der Waals surface area contributed by atoms with Crippen molar-refractivity contribution in [2.75, 3.05) is 6.54 Å². The zero-order valence-electron chi connectivity index (χ0n) is 8.27. The molecule has 0 aromatic carbocycles. The lowest BCUT2D eigenvalue weighted by Crippen LogP contribution is -2.20. The number of rotatable bonds is 2. The Balaban J connectivity index is -0.000000138. The van der Waals surface area contributed by atoms with Gasteiger partial charge in [-0.2, -0.15) is 0 Å². The molecule has 0 aromatic heterocycles. The van der Waals surface area contributed by atoms with E-state index >= 15 is 0 Å². The summed E-state index contributed by atoms with van der Waals surface area (Å²) in [7, 11) is 0. The number of hydrogen-bond acceptors (Lipinski definition) is 1. The molecule has 0 aliphatic rings. The highest BCUT2D eigenvalue weighted by Gasteiger charge is 1.86. The molecule has 3 heteroatoms. The summed E-state index contributed by atoms with van der Waals surface area (Å²) in [4.78, 5) is 9.65. The first-order valence-electron chi connectivity index (χ1n) is 4.24. The number of amides is 1. The van der Waals surface area contributed by atoms with Crippen molar-refractivity contribution in [3.05, 3.63) is 0 Å². The number of hydrogen-bond donors (Lipinski definition) is 2. The smallest absolute Gasteiger partial charge is 0.404 e. The fraction of sp³-hybridized carbons (Fsp3) is 0.875. The van der Waals surface area contributed by atoms with E-state index in [-0.39, 0.29) is 0 Å². The summed E-state index contributed by atoms with van der Waals surface area (Å²) in [6.45, 7) is 10.5. The molecular weight excluding hydrogens is 142 g/mol. The van der Waals surface area contributed by atoms with Crippen LogP contribution in [0.3, 0.4) is 0 Å². The summed E-state index contributed by atoms with van der Waals surface area (Å²) in [6.07, 6.45) is -0.0893. The van der Waals surface area contributed by atoms with Crippen LogP contribution in [0.15, 0.2) is 0 Å². The van der Waals surface area contributed by atoms with Crippen LogP contribution in [0, 0.1) is 0 Å². The molecule has 2 N–H and O–H groups in total. The standard InChI is InChI=1S/C4H9NO2.2C2H6/c1-2-3-5-4(6)7;2*1-2/h5H,2-3H2,1H3,(H,6,7);2*1-2H3. The first-order chi connectivity index (χ1) is 5.27. The van der Waals surface area contributed by atoms with Gasteiger partial charge in [-0.1, -0.05) is 34.6 Å². The predicted octanol–water partition coefficient (Wildman–Crippen LogP) is 2.72. The van der Waals surface area contributed by atoms with Crippen LogP contribution in [0.2, 0.25) is 0 Å². The number of carbonyl (C=O) groups is 1. The second kappa shape index (κ2) is 22.8. The summed E-state index contributed by atoms with van der Waals surface area (Å²) >= 11 is 0. The van der Waals surface area contributed by atoms with Crippen molar-refractivity contribution in [3.63, 3.8) is 0 Å². The molecule has 0 unspecified atom stereocenters. The Morgan fingerprint density at radius 1 is 1.27 bits per heavy atom. The molecular formula is C8H21NO2. The molecule has 0 saturated heterocycles. The molecule has 0 heterocycles. The molecule has 0 aliphatic carbocycles. The van der Waals surface area contributed by atoms with E-state index in [0.717, 1.165) is 6.42 Å². The van der Waals surface area contributed by atoms with E-state index in [0.29, 0.717) is 6.54 Å². The average molecular weight is 163 g/mol. The Hall–Kier alpha value is -0.730. The molecule has 70 valence electrons. The summed E-state index contributed by atoms with van der Waals surface area (Å²) in [6, 6.07) is 0. The molecule has 0 aliphatic heterocycles. The largest absolute Gasteiger partial charge is 0.465 e. The third-order valence-corrected chi connectivity index (χ3v) is 0.526. The Labute approximate surface area is 69.8 Å². The highest BCUT2D eigenvalue weighted by atomic mass is 16.4. The van der Waals surface area contributed by atoms with Gasteiger partial charge in [0.2, 0.25) is 0 Å². The molecule has 11 heavy (non-hydrogen) atoms. The molecule has 0 aromatic rings. The van der Waals surface area contributed by atoms with E-state index in [4.69, 9.17) is 5.11 Å². The maximum absolute atomic E-state index is 9.65. The van der Waals surface area contributed by atoms with Crippen molar-refractivity contribution < 1.29 is 9.90 Å². The van der Waals surface area contributed by atoms with Crippen LogP contribution in [0.25, 0.3) is 0 Å². The highest BCUT2D eigenvalue weighted by Crippen LogP contribution is 1.67. The van der Waals surface area contributed by atoms with Crippen LogP contribution in [0.5, 0.6) is 0 Å². The summed E-state index contributed by atoms with van der Waals surface area (Å²) in [5.74, 6) is 0. The van der Waals surface area contributed by atoms with Gasteiger partial charge in [0, 0.05) is 6.54 Å². The van der Waals surface area contributed by atoms with Crippen molar-refractivity contribution in [1.82, 2.24) is 5.32 Å². The Kier molecular flexibility index (Phi) is 34.7. The minimum atomic E-state index is -0.943. The average Bonchev–Trinajstić information content (AvgIpc) is 2.08. The van der Waals surface area contributed by atoms with Gasteiger partial charge in [-0.15, -0.1) is 0 Å². The lowest BCUT2D eigenvalue weighted by molar-refractivity contribution is 0.194. The molecule has 0 saturated carbocycles. The molecule has 1 amide bonds. The quantitative estimate of drug-likeness (QED) is 0.657. The van der Waals surface area contributed by atoms with E-state index < -0.39 is 6.09 Å². The summed E-state index contributed by atoms with van der Waals surface area (Å²) < 4.78 is 0. The van der Waals surface area contributed by atoms with E-state index in [1.807, 2.05) is 34.6 Å². The van der Waals surface area contributed by atoms with Crippen molar-refractivity contribution in [2.45, 2.75) is 41.0 Å². The number of nitrogens with one attached hydrogen (secondary N) is 1. The van der Waals surface area contributed by atoms with E-state index in [2.05, 4.69) is 5.32 Å². The van der Waals surface area contributed by atoms with Gasteiger partial charge in [0.15, 0.2) is 0 Å². The zero-order chi connectivity index (χ0) is 9.70. The molecule has 0 rings (SSSR count). The summed E-state index contributed by atoms with van der Waals surface area (Å²) in [5, 5.41) is 10.1. The van der Waals surface area contributed by atoms with Crippen LogP contribution in [0.4, 0.5) is 4.79 Å². The van der Waals surface area contributed by atoms with Gasteiger partial charge in [-0.3, -0.25) is 0 Å². The lowest BCUT2D eigenvalue weighted by atomic mass is 10.5. The minimum absolute atomic E-state index is 0.551. The van der Waals surface area contributed by atoms with Gasteiger partial charge in [-0.05, 0) is 6.42 Å². The van der Waals surface area contributed by atoms with Crippen LogP contribution in [0.1, 0.15) is 41.0 Å². The molecule has 0 spiro atoms. The predicted molar refractivity (Wildman–Crippen MR) is 49.0 cm³/mol. The van der Waals surface area contributed by atoms with E-state index in [1.165, 1.54) is 0 Å². The highest BCUT2D eigenvalue weighted by molar-refractivity contribution is 5.64. The normalized spacial score (nSPS) is 6.27. The zero-order valence-corrected chi connectivity index (χ0v) is 8.27. The second-order valence-corrected chi connectivity index (χ2v) is 1.23. The SMILES string of the molecule is CC.CC.CCCNC(=O)O. The van der Waals surface area contributed by atoms with Crippen molar-refractivity contribution in [3.8, 4) is 0 Å². The molecule has 3 nitrogen and oxygen atoms in total. The maximum Gasteiger partial charge on any atom is 0.404 e. The van der Waals surface area contributed by atoms with Crippen LogP contribution >= 0.6 is 0 Å². The third kappa shape index (κ3) is 45.8. The monoisotopic (exact) mass is 163 g/mol. The van der Waals surface area contributed by atoms with Crippen LogP contribution in [-0.2, 0) is 0 Å². The fourth-order valence-corrected chi connectivity index (χ4v) is 0.232. The van der Waals surface area contributed by atoms with E-state index in [9.17, 15) is 4.79 Å². The molecule has 0 atom stereocenters. The Morgan fingerprint density at radius 2 is 1.64 bits per heavy atom.